The van der Waals surface area contributed by atoms with Crippen molar-refractivity contribution in [1.29, 1.82) is 0 Å². The summed E-state index contributed by atoms with van der Waals surface area (Å²) in [5.74, 6) is 0. The van der Waals surface area contributed by atoms with Gasteiger partial charge >= 0.3 is 0 Å². The van der Waals surface area contributed by atoms with Crippen molar-refractivity contribution in [1.82, 2.24) is 4.98 Å². The second-order valence-electron chi connectivity index (χ2n) is 3.68. The summed E-state index contributed by atoms with van der Waals surface area (Å²) in [6.45, 7) is 6.00. The summed E-state index contributed by atoms with van der Waals surface area (Å²) in [6.07, 6.45) is 2.68. The third kappa shape index (κ3) is 2.62. The van der Waals surface area contributed by atoms with E-state index >= 15 is 0 Å². The van der Waals surface area contributed by atoms with E-state index in [2.05, 4.69) is 4.98 Å². The number of aromatic nitrogens is 1. The van der Waals surface area contributed by atoms with E-state index in [1.54, 1.807) is 11.3 Å². The second kappa shape index (κ2) is 4.01. The maximum absolute atomic E-state index is 10.8. The van der Waals surface area contributed by atoms with Crippen LogP contribution in [0.1, 0.15) is 31.0 Å². The molecule has 1 rings (SSSR count). The van der Waals surface area contributed by atoms with Crippen LogP contribution in [0.15, 0.2) is 5.38 Å². The molecule has 0 N–H and O–H groups in total. The van der Waals surface area contributed by atoms with E-state index in [0.29, 0.717) is 0 Å². The minimum atomic E-state index is -0.232. The van der Waals surface area contributed by atoms with Gasteiger partial charge in [0.05, 0.1) is 5.01 Å². The lowest BCUT2D eigenvalue weighted by Crippen LogP contribution is -2.20. The number of aryl methyl sites for hydroxylation is 1. The Balaban J connectivity index is 2.72. The Morgan fingerprint density at radius 3 is 2.77 bits per heavy atom. The molecule has 0 fully saturated rings. The average molecular weight is 197 g/mol. The van der Waals surface area contributed by atoms with Gasteiger partial charge in [0.25, 0.3) is 0 Å². The van der Waals surface area contributed by atoms with Crippen molar-refractivity contribution < 1.29 is 4.79 Å². The maximum atomic E-state index is 10.8. The fraction of sp³-hybridized carbons (Fsp3) is 0.600. The molecule has 0 aliphatic rings. The van der Waals surface area contributed by atoms with Crippen molar-refractivity contribution in [2.24, 2.45) is 5.41 Å². The van der Waals surface area contributed by atoms with Gasteiger partial charge in [-0.1, -0.05) is 13.8 Å². The van der Waals surface area contributed by atoms with Gasteiger partial charge in [0.1, 0.15) is 6.29 Å². The van der Waals surface area contributed by atoms with Crippen LogP contribution >= 0.6 is 11.3 Å². The SMILES string of the molecule is CCC(C)(C=O)Cc1nc(C)cs1. The monoisotopic (exact) mass is 197 g/mol. The summed E-state index contributed by atoms with van der Waals surface area (Å²) in [7, 11) is 0. The number of thiazole rings is 1. The Labute approximate surface area is 83.0 Å². The molecule has 2 nitrogen and oxygen atoms in total. The first kappa shape index (κ1) is 10.4. The number of hydrogen-bond acceptors (Lipinski definition) is 3. The zero-order valence-electron chi connectivity index (χ0n) is 8.33. The molecule has 0 bridgehead atoms. The molecule has 13 heavy (non-hydrogen) atoms. The van der Waals surface area contributed by atoms with Crippen LogP contribution < -0.4 is 0 Å². The van der Waals surface area contributed by atoms with E-state index in [0.717, 1.165) is 29.8 Å². The van der Waals surface area contributed by atoms with Gasteiger partial charge in [-0.05, 0) is 13.3 Å². The topological polar surface area (TPSA) is 30.0 Å². The van der Waals surface area contributed by atoms with Crippen molar-refractivity contribution in [3.63, 3.8) is 0 Å². The van der Waals surface area contributed by atoms with Gasteiger partial charge in [-0.25, -0.2) is 4.98 Å². The Bertz CT molecular complexity index is 295. The molecule has 0 aliphatic carbocycles. The second-order valence-corrected chi connectivity index (χ2v) is 4.63. The van der Waals surface area contributed by atoms with E-state index < -0.39 is 0 Å². The van der Waals surface area contributed by atoms with Crippen LogP contribution in [0.25, 0.3) is 0 Å². The molecule has 1 aromatic heterocycles. The molecule has 0 amide bonds. The van der Waals surface area contributed by atoms with Crippen LogP contribution in [0.2, 0.25) is 0 Å². The van der Waals surface area contributed by atoms with Gasteiger partial charge in [-0.2, -0.15) is 0 Å². The number of aldehydes is 1. The van der Waals surface area contributed by atoms with Crippen molar-refractivity contribution in [2.75, 3.05) is 0 Å². The zero-order chi connectivity index (χ0) is 9.90. The molecule has 3 heteroatoms. The van der Waals surface area contributed by atoms with Crippen LogP contribution in [0.3, 0.4) is 0 Å². The minimum Gasteiger partial charge on any atom is -0.303 e. The highest BCUT2D eigenvalue weighted by Crippen LogP contribution is 2.25. The Morgan fingerprint density at radius 1 is 1.69 bits per heavy atom. The van der Waals surface area contributed by atoms with E-state index in [1.807, 2.05) is 26.2 Å². The molecule has 0 radical (unpaired) electrons. The quantitative estimate of drug-likeness (QED) is 0.694. The number of carbonyl (C=O) groups excluding carboxylic acids is 1. The van der Waals surface area contributed by atoms with E-state index in [1.165, 1.54) is 0 Å². The van der Waals surface area contributed by atoms with Gasteiger partial charge < -0.3 is 4.79 Å². The fourth-order valence-corrected chi connectivity index (χ4v) is 2.05. The van der Waals surface area contributed by atoms with Gasteiger partial charge in [0, 0.05) is 22.9 Å². The molecule has 0 aromatic carbocycles. The highest BCUT2D eigenvalue weighted by Gasteiger charge is 2.22. The average Bonchev–Trinajstić information content (AvgIpc) is 2.51. The first-order valence-electron chi connectivity index (χ1n) is 4.47. The number of nitrogens with zero attached hydrogens (tertiary/aromatic N) is 1. The fourth-order valence-electron chi connectivity index (χ4n) is 1.08. The van der Waals surface area contributed by atoms with Gasteiger partial charge in [-0.15, -0.1) is 11.3 Å². The van der Waals surface area contributed by atoms with Crippen molar-refractivity contribution in [2.45, 2.75) is 33.6 Å². The Hall–Kier alpha value is -0.700. The summed E-state index contributed by atoms with van der Waals surface area (Å²) < 4.78 is 0. The molecule has 1 atom stereocenters. The van der Waals surface area contributed by atoms with E-state index in [-0.39, 0.29) is 5.41 Å². The Morgan fingerprint density at radius 2 is 2.38 bits per heavy atom. The smallest absolute Gasteiger partial charge is 0.126 e. The summed E-state index contributed by atoms with van der Waals surface area (Å²) in [5.41, 5.74) is 0.814. The maximum Gasteiger partial charge on any atom is 0.126 e. The number of hydrogen-bond donors (Lipinski definition) is 0. The van der Waals surface area contributed by atoms with Gasteiger partial charge in [0.2, 0.25) is 0 Å². The highest BCUT2D eigenvalue weighted by atomic mass is 32.1. The molecular weight excluding hydrogens is 182 g/mol. The standard InChI is InChI=1S/C10H15NOS/c1-4-10(3,7-12)5-9-11-8(2)6-13-9/h6-7H,4-5H2,1-3H3. The lowest BCUT2D eigenvalue weighted by atomic mass is 9.86. The third-order valence-corrected chi connectivity index (χ3v) is 3.28. The van der Waals surface area contributed by atoms with Crippen molar-refractivity contribution in [3.05, 3.63) is 16.1 Å². The molecule has 0 saturated carbocycles. The summed E-state index contributed by atoms with van der Waals surface area (Å²) in [4.78, 5) is 15.2. The van der Waals surface area contributed by atoms with Crippen LogP contribution in [0, 0.1) is 12.3 Å². The van der Waals surface area contributed by atoms with Crippen LogP contribution in [0.4, 0.5) is 0 Å². The van der Waals surface area contributed by atoms with E-state index in [9.17, 15) is 4.79 Å². The largest absolute Gasteiger partial charge is 0.303 e. The third-order valence-electron chi connectivity index (χ3n) is 2.31. The summed E-state index contributed by atoms with van der Waals surface area (Å²) >= 11 is 1.64. The molecule has 1 unspecified atom stereocenters. The van der Waals surface area contributed by atoms with Gasteiger partial charge in [0.15, 0.2) is 0 Å². The predicted molar refractivity (Wildman–Crippen MR) is 55.0 cm³/mol. The molecule has 72 valence electrons. The highest BCUT2D eigenvalue weighted by molar-refractivity contribution is 7.09. The Kier molecular flexibility index (Phi) is 3.20. The van der Waals surface area contributed by atoms with Crippen LogP contribution in [-0.4, -0.2) is 11.3 Å². The molecule has 0 saturated heterocycles. The lowest BCUT2D eigenvalue weighted by molar-refractivity contribution is -0.115. The van der Waals surface area contributed by atoms with Crippen molar-refractivity contribution in [3.8, 4) is 0 Å². The van der Waals surface area contributed by atoms with Gasteiger partial charge in [-0.3, -0.25) is 0 Å². The molecule has 1 aromatic rings. The number of rotatable bonds is 4. The first-order chi connectivity index (χ1) is 6.09. The zero-order valence-corrected chi connectivity index (χ0v) is 9.15. The normalized spacial score (nSPS) is 15.3. The molecule has 1 heterocycles. The summed E-state index contributed by atoms with van der Waals surface area (Å²) in [5, 5.41) is 3.09. The molecule has 0 aliphatic heterocycles. The molecule has 0 spiro atoms. The molecular formula is C10H15NOS. The van der Waals surface area contributed by atoms with Crippen LogP contribution in [-0.2, 0) is 11.2 Å². The van der Waals surface area contributed by atoms with Crippen molar-refractivity contribution >= 4 is 17.6 Å². The predicted octanol–water partition coefficient (Wildman–Crippen LogP) is 2.61. The summed E-state index contributed by atoms with van der Waals surface area (Å²) in [6, 6.07) is 0. The lowest BCUT2D eigenvalue weighted by Gasteiger charge is -2.18. The first-order valence-corrected chi connectivity index (χ1v) is 5.35. The van der Waals surface area contributed by atoms with E-state index in [4.69, 9.17) is 0 Å². The number of carbonyl (C=O) groups is 1. The minimum absolute atomic E-state index is 0.232. The van der Waals surface area contributed by atoms with Crippen LogP contribution in [0.5, 0.6) is 0 Å².